The van der Waals surface area contributed by atoms with Crippen molar-refractivity contribution in [1.29, 1.82) is 0 Å². The van der Waals surface area contributed by atoms with Crippen LogP contribution in [0.1, 0.15) is 0 Å². The third kappa shape index (κ3) is 3.60. The van der Waals surface area contributed by atoms with E-state index in [4.69, 9.17) is 14.2 Å². The van der Waals surface area contributed by atoms with E-state index in [0.717, 1.165) is 11.4 Å². The lowest BCUT2D eigenvalue weighted by molar-refractivity contribution is 0.324. The molecule has 3 rings (SSSR count). The van der Waals surface area contributed by atoms with Crippen LogP contribution in [-0.2, 0) is 0 Å². The maximum atomic E-state index is 5.35. The average molecular weight is 338 g/mol. The summed E-state index contributed by atoms with van der Waals surface area (Å²) < 4.78 is 16.0. The summed E-state index contributed by atoms with van der Waals surface area (Å²) in [5.74, 6) is 2.06. The van der Waals surface area contributed by atoms with Crippen molar-refractivity contribution in [3.05, 3.63) is 48.8 Å². The third-order valence-corrected chi connectivity index (χ3v) is 3.50. The molecule has 25 heavy (non-hydrogen) atoms. The molecule has 0 aliphatic heterocycles. The first-order valence-electron chi connectivity index (χ1n) is 7.56. The molecule has 0 aliphatic rings. The SMILES string of the molecule is COc1cc(Nc2nccc(-c3ccccn3)n2)cc(OC)c1OC. The number of benzene rings is 1. The molecule has 0 fully saturated rings. The summed E-state index contributed by atoms with van der Waals surface area (Å²) >= 11 is 0. The lowest BCUT2D eigenvalue weighted by Gasteiger charge is -2.14. The minimum absolute atomic E-state index is 0.442. The van der Waals surface area contributed by atoms with E-state index in [9.17, 15) is 0 Å². The summed E-state index contributed by atoms with van der Waals surface area (Å²) in [6.07, 6.45) is 3.40. The van der Waals surface area contributed by atoms with Crippen molar-refractivity contribution in [3.63, 3.8) is 0 Å². The van der Waals surface area contributed by atoms with Crippen LogP contribution in [0, 0.1) is 0 Å². The van der Waals surface area contributed by atoms with E-state index in [-0.39, 0.29) is 0 Å². The standard InChI is InChI=1S/C18H18N4O3/c1-23-15-10-12(11-16(24-2)17(15)25-3)21-18-20-9-7-14(22-18)13-6-4-5-8-19-13/h4-11H,1-3H3,(H,20,21,22). The van der Waals surface area contributed by atoms with Gasteiger partial charge in [-0.25, -0.2) is 9.97 Å². The maximum Gasteiger partial charge on any atom is 0.227 e. The largest absolute Gasteiger partial charge is 0.493 e. The molecule has 128 valence electrons. The molecule has 1 N–H and O–H groups in total. The lowest BCUT2D eigenvalue weighted by atomic mass is 10.2. The minimum atomic E-state index is 0.442. The molecule has 0 saturated carbocycles. The second-order valence-electron chi connectivity index (χ2n) is 5.02. The Bertz CT molecular complexity index is 831. The molecule has 0 unspecified atom stereocenters. The van der Waals surface area contributed by atoms with E-state index in [2.05, 4.69) is 20.3 Å². The maximum absolute atomic E-state index is 5.35. The van der Waals surface area contributed by atoms with Gasteiger partial charge < -0.3 is 19.5 Å². The summed E-state index contributed by atoms with van der Waals surface area (Å²) in [4.78, 5) is 13.0. The van der Waals surface area contributed by atoms with E-state index < -0.39 is 0 Å². The van der Waals surface area contributed by atoms with Crippen LogP contribution in [0.3, 0.4) is 0 Å². The fourth-order valence-electron chi connectivity index (χ4n) is 2.36. The van der Waals surface area contributed by atoms with Gasteiger partial charge in [-0.05, 0) is 18.2 Å². The van der Waals surface area contributed by atoms with E-state index in [1.54, 1.807) is 45.9 Å². The zero-order valence-corrected chi connectivity index (χ0v) is 14.2. The quantitative estimate of drug-likeness (QED) is 0.738. The van der Waals surface area contributed by atoms with E-state index in [1.807, 2.05) is 24.3 Å². The molecular weight excluding hydrogens is 320 g/mol. The molecular formula is C18H18N4O3. The number of anilines is 2. The lowest BCUT2D eigenvalue weighted by Crippen LogP contribution is -2.01. The van der Waals surface area contributed by atoms with E-state index in [1.165, 1.54) is 0 Å². The van der Waals surface area contributed by atoms with Crippen molar-refractivity contribution in [3.8, 4) is 28.6 Å². The van der Waals surface area contributed by atoms with Gasteiger partial charge in [-0.2, -0.15) is 0 Å². The van der Waals surface area contributed by atoms with Crippen molar-refractivity contribution in [2.24, 2.45) is 0 Å². The summed E-state index contributed by atoms with van der Waals surface area (Å²) in [5.41, 5.74) is 2.22. The van der Waals surface area contributed by atoms with E-state index >= 15 is 0 Å². The number of ether oxygens (including phenoxy) is 3. The first-order valence-corrected chi connectivity index (χ1v) is 7.56. The number of hydrogen-bond donors (Lipinski definition) is 1. The smallest absolute Gasteiger partial charge is 0.227 e. The van der Waals surface area contributed by atoms with Crippen molar-refractivity contribution in [2.75, 3.05) is 26.6 Å². The Morgan fingerprint density at radius 3 is 2.16 bits per heavy atom. The molecule has 7 heteroatoms. The fourth-order valence-corrected chi connectivity index (χ4v) is 2.36. The van der Waals surface area contributed by atoms with Gasteiger partial charge in [-0.1, -0.05) is 6.07 Å². The molecule has 1 aromatic carbocycles. The van der Waals surface area contributed by atoms with Crippen molar-refractivity contribution >= 4 is 11.6 Å². The van der Waals surface area contributed by atoms with Crippen LogP contribution in [-0.4, -0.2) is 36.3 Å². The Morgan fingerprint density at radius 1 is 0.800 bits per heavy atom. The molecule has 0 spiro atoms. The normalized spacial score (nSPS) is 10.2. The van der Waals surface area contributed by atoms with Crippen molar-refractivity contribution in [2.45, 2.75) is 0 Å². The summed E-state index contributed by atoms with van der Waals surface area (Å²) in [7, 11) is 4.70. The first-order chi connectivity index (χ1) is 12.2. The van der Waals surface area contributed by atoms with Crippen LogP contribution < -0.4 is 19.5 Å². The Kier molecular flexibility index (Phi) is 4.94. The molecule has 3 aromatic rings. The number of methoxy groups -OCH3 is 3. The van der Waals surface area contributed by atoms with Crippen LogP contribution >= 0.6 is 0 Å². The molecule has 7 nitrogen and oxygen atoms in total. The van der Waals surface area contributed by atoms with Gasteiger partial charge in [0, 0.05) is 30.2 Å². The van der Waals surface area contributed by atoms with Gasteiger partial charge >= 0.3 is 0 Å². The van der Waals surface area contributed by atoms with Crippen LogP contribution in [0.15, 0.2) is 48.8 Å². The zero-order valence-electron chi connectivity index (χ0n) is 14.2. The Hall–Kier alpha value is -3.35. The number of pyridine rings is 1. The second kappa shape index (κ2) is 7.48. The van der Waals surface area contributed by atoms with Crippen LogP contribution in [0.5, 0.6) is 17.2 Å². The van der Waals surface area contributed by atoms with E-state index in [0.29, 0.717) is 28.9 Å². The van der Waals surface area contributed by atoms with Gasteiger partial charge in [0.2, 0.25) is 11.7 Å². The second-order valence-corrected chi connectivity index (χ2v) is 5.02. The molecule has 0 saturated heterocycles. The monoisotopic (exact) mass is 338 g/mol. The fraction of sp³-hybridized carbons (Fsp3) is 0.167. The van der Waals surface area contributed by atoms with Crippen molar-refractivity contribution in [1.82, 2.24) is 15.0 Å². The van der Waals surface area contributed by atoms with Gasteiger partial charge in [0.15, 0.2) is 11.5 Å². The predicted molar refractivity (Wildman–Crippen MR) is 94.6 cm³/mol. The average Bonchev–Trinajstić information content (AvgIpc) is 2.68. The van der Waals surface area contributed by atoms with Gasteiger partial charge in [-0.15, -0.1) is 0 Å². The summed E-state index contributed by atoms with van der Waals surface area (Å²) in [6, 6.07) is 11.1. The zero-order chi connectivity index (χ0) is 17.6. The number of nitrogens with zero attached hydrogens (tertiary/aromatic N) is 3. The topological polar surface area (TPSA) is 78.4 Å². The highest BCUT2D eigenvalue weighted by Gasteiger charge is 2.14. The highest BCUT2D eigenvalue weighted by atomic mass is 16.5. The molecule has 0 radical (unpaired) electrons. The molecule has 2 heterocycles. The molecule has 0 bridgehead atoms. The molecule has 0 amide bonds. The number of hydrogen-bond acceptors (Lipinski definition) is 7. The summed E-state index contributed by atoms with van der Waals surface area (Å²) in [5, 5.41) is 3.15. The Labute approximate surface area is 145 Å². The predicted octanol–water partition coefficient (Wildman–Crippen LogP) is 3.31. The number of nitrogens with one attached hydrogen (secondary N) is 1. The first kappa shape index (κ1) is 16.5. The third-order valence-electron chi connectivity index (χ3n) is 3.50. The van der Waals surface area contributed by atoms with Crippen LogP contribution in [0.2, 0.25) is 0 Å². The van der Waals surface area contributed by atoms with Gasteiger partial charge in [0.05, 0.1) is 32.7 Å². The molecule has 0 aliphatic carbocycles. The van der Waals surface area contributed by atoms with Crippen molar-refractivity contribution < 1.29 is 14.2 Å². The molecule has 0 atom stereocenters. The van der Waals surface area contributed by atoms with Gasteiger partial charge in [-0.3, -0.25) is 4.98 Å². The Balaban J connectivity index is 1.93. The van der Waals surface area contributed by atoms with Gasteiger partial charge in [0.1, 0.15) is 0 Å². The summed E-state index contributed by atoms with van der Waals surface area (Å²) in [6.45, 7) is 0. The number of aromatic nitrogens is 3. The van der Waals surface area contributed by atoms with Gasteiger partial charge in [0.25, 0.3) is 0 Å². The number of rotatable bonds is 6. The van der Waals surface area contributed by atoms with Crippen LogP contribution in [0.25, 0.3) is 11.4 Å². The minimum Gasteiger partial charge on any atom is -0.493 e. The van der Waals surface area contributed by atoms with Crippen LogP contribution in [0.4, 0.5) is 11.6 Å². The Morgan fingerprint density at radius 2 is 1.56 bits per heavy atom. The highest BCUT2D eigenvalue weighted by molar-refractivity contribution is 5.66. The molecule has 2 aromatic heterocycles. The highest BCUT2D eigenvalue weighted by Crippen LogP contribution is 2.40.